The van der Waals surface area contributed by atoms with Gasteiger partial charge in [0, 0.05) is 23.7 Å². The second kappa shape index (κ2) is 4.37. The lowest BCUT2D eigenvalue weighted by Gasteiger charge is -2.06. The van der Waals surface area contributed by atoms with Crippen LogP contribution in [-0.2, 0) is 11.2 Å². The molecule has 1 aromatic heterocycles. The Morgan fingerprint density at radius 3 is 2.88 bits per heavy atom. The number of aliphatic carboxylic acids is 1. The van der Waals surface area contributed by atoms with Crippen LogP contribution in [0.25, 0.3) is 10.9 Å². The maximum absolute atomic E-state index is 10.5. The minimum atomic E-state index is -0.858. The van der Waals surface area contributed by atoms with Crippen molar-refractivity contribution >= 4 is 16.9 Å². The molecule has 0 unspecified atom stereocenters. The summed E-state index contributed by atoms with van der Waals surface area (Å²) in [4.78, 5) is 13.7. The lowest BCUT2D eigenvalue weighted by Crippen LogP contribution is -2.26. The van der Waals surface area contributed by atoms with E-state index in [1.165, 1.54) is 0 Å². The van der Waals surface area contributed by atoms with Gasteiger partial charge in [-0.3, -0.25) is 4.79 Å². The highest BCUT2D eigenvalue weighted by molar-refractivity contribution is 5.80. The molecule has 2 rings (SSSR count). The van der Waals surface area contributed by atoms with Crippen molar-refractivity contribution in [1.29, 1.82) is 0 Å². The van der Waals surface area contributed by atoms with Crippen molar-refractivity contribution in [3.8, 4) is 0 Å². The summed E-state index contributed by atoms with van der Waals surface area (Å²) in [6.45, 7) is 0. The minimum absolute atomic E-state index is 0.00460. The van der Waals surface area contributed by atoms with E-state index in [1.54, 1.807) is 0 Å². The van der Waals surface area contributed by atoms with Crippen LogP contribution in [0.4, 0.5) is 0 Å². The molecule has 4 N–H and O–H groups in total. The van der Waals surface area contributed by atoms with Crippen LogP contribution in [0.15, 0.2) is 30.3 Å². The number of H-pyrrole nitrogens is 1. The zero-order chi connectivity index (χ0) is 11.5. The highest BCUT2D eigenvalue weighted by atomic mass is 16.4. The third-order valence-electron chi connectivity index (χ3n) is 2.50. The molecule has 4 nitrogen and oxygen atoms in total. The molecule has 0 fully saturated rings. The van der Waals surface area contributed by atoms with E-state index >= 15 is 0 Å². The van der Waals surface area contributed by atoms with Gasteiger partial charge in [-0.1, -0.05) is 18.2 Å². The number of rotatable bonds is 4. The standard InChI is InChI=1S/C12H14N2O2/c13-9(7-12(15)16)6-10-5-8-3-1-2-4-11(8)14-10/h1-5,9,14H,6-7,13H2,(H,15,16)/t9-/m1/s1. The van der Waals surface area contributed by atoms with Crippen LogP contribution >= 0.6 is 0 Å². The Morgan fingerprint density at radius 2 is 2.19 bits per heavy atom. The average molecular weight is 218 g/mol. The van der Waals surface area contributed by atoms with Gasteiger partial charge in [-0.15, -0.1) is 0 Å². The number of aromatic amines is 1. The van der Waals surface area contributed by atoms with Crippen molar-refractivity contribution in [2.24, 2.45) is 5.73 Å². The third kappa shape index (κ3) is 2.41. The molecule has 0 radical (unpaired) electrons. The first-order valence-electron chi connectivity index (χ1n) is 5.19. The lowest BCUT2D eigenvalue weighted by atomic mass is 10.1. The molecule has 1 aromatic carbocycles. The topological polar surface area (TPSA) is 79.1 Å². The summed E-state index contributed by atoms with van der Waals surface area (Å²) in [7, 11) is 0. The summed E-state index contributed by atoms with van der Waals surface area (Å²) in [5, 5.41) is 9.74. The molecule has 0 amide bonds. The fourth-order valence-electron chi connectivity index (χ4n) is 1.82. The molecular formula is C12H14N2O2. The van der Waals surface area contributed by atoms with Gasteiger partial charge < -0.3 is 15.8 Å². The van der Waals surface area contributed by atoms with Crippen LogP contribution < -0.4 is 5.73 Å². The summed E-state index contributed by atoms with van der Waals surface area (Å²) < 4.78 is 0. The van der Waals surface area contributed by atoms with Crippen molar-refractivity contribution in [3.63, 3.8) is 0 Å². The SMILES string of the molecule is N[C@@H](CC(=O)O)Cc1cc2ccccc2[nH]1. The summed E-state index contributed by atoms with van der Waals surface area (Å²) in [6.07, 6.45) is 0.552. The van der Waals surface area contributed by atoms with Gasteiger partial charge in [-0.2, -0.15) is 0 Å². The van der Waals surface area contributed by atoms with Crippen LogP contribution in [0.1, 0.15) is 12.1 Å². The van der Waals surface area contributed by atoms with Gasteiger partial charge in [0.25, 0.3) is 0 Å². The van der Waals surface area contributed by atoms with E-state index in [-0.39, 0.29) is 12.5 Å². The number of benzene rings is 1. The summed E-state index contributed by atoms with van der Waals surface area (Å²) in [5.74, 6) is -0.858. The number of para-hydroxylation sites is 1. The molecular weight excluding hydrogens is 204 g/mol. The molecule has 84 valence electrons. The molecule has 4 heteroatoms. The van der Waals surface area contributed by atoms with Crippen LogP contribution in [0.3, 0.4) is 0 Å². The average Bonchev–Trinajstić information content (AvgIpc) is 2.57. The van der Waals surface area contributed by atoms with E-state index in [0.29, 0.717) is 6.42 Å². The van der Waals surface area contributed by atoms with Crippen LogP contribution in [0.2, 0.25) is 0 Å². The minimum Gasteiger partial charge on any atom is -0.481 e. The molecule has 1 atom stereocenters. The van der Waals surface area contributed by atoms with Crippen molar-refractivity contribution in [3.05, 3.63) is 36.0 Å². The number of carboxylic acid groups (broad SMARTS) is 1. The van der Waals surface area contributed by atoms with E-state index in [9.17, 15) is 4.79 Å². The quantitative estimate of drug-likeness (QED) is 0.727. The fraction of sp³-hybridized carbons (Fsp3) is 0.250. The number of aromatic nitrogens is 1. The van der Waals surface area contributed by atoms with E-state index in [4.69, 9.17) is 10.8 Å². The van der Waals surface area contributed by atoms with E-state index in [2.05, 4.69) is 4.98 Å². The zero-order valence-corrected chi connectivity index (χ0v) is 8.81. The smallest absolute Gasteiger partial charge is 0.304 e. The molecule has 1 heterocycles. The number of nitrogens with one attached hydrogen (secondary N) is 1. The number of fused-ring (bicyclic) bond motifs is 1. The molecule has 0 aliphatic heterocycles. The second-order valence-electron chi connectivity index (χ2n) is 3.94. The number of nitrogens with two attached hydrogens (primary N) is 1. The number of hydrogen-bond acceptors (Lipinski definition) is 2. The van der Waals surface area contributed by atoms with E-state index in [1.807, 2.05) is 30.3 Å². The summed E-state index contributed by atoms with van der Waals surface area (Å²) in [6, 6.07) is 9.60. The van der Waals surface area contributed by atoms with Gasteiger partial charge >= 0.3 is 5.97 Å². The normalized spacial score (nSPS) is 12.8. The molecule has 0 aliphatic carbocycles. The predicted octanol–water partition coefficient (Wildman–Crippen LogP) is 1.51. The van der Waals surface area contributed by atoms with Crippen molar-refractivity contribution < 1.29 is 9.90 Å². The lowest BCUT2D eigenvalue weighted by molar-refractivity contribution is -0.137. The molecule has 0 saturated carbocycles. The number of carboxylic acids is 1. The molecule has 0 saturated heterocycles. The second-order valence-corrected chi connectivity index (χ2v) is 3.94. The van der Waals surface area contributed by atoms with Gasteiger partial charge in [0.1, 0.15) is 0 Å². The fourth-order valence-corrected chi connectivity index (χ4v) is 1.82. The first-order chi connectivity index (χ1) is 7.65. The number of hydrogen-bond donors (Lipinski definition) is 3. The molecule has 2 aromatic rings. The Balaban J connectivity index is 2.12. The van der Waals surface area contributed by atoms with Gasteiger partial charge in [0.2, 0.25) is 0 Å². The molecule has 0 bridgehead atoms. The van der Waals surface area contributed by atoms with Crippen LogP contribution in [0.5, 0.6) is 0 Å². The van der Waals surface area contributed by atoms with E-state index < -0.39 is 5.97 Å². The maximum Gasteiger partial charge on any atom is 0.304 e. The monoisotopic (exact) mass is 218 g/mol. The van der Waals surface area contributed by atoms with Gasteiger partial charge in [0.05, 0.1) is 6.42 Å². The van der Waals surface area contributed by atoms with Gasteiger partial charge in [0.15, 0.2) is 0 Å². The van der Waals surface area contributed by atoms with Crippen LogP contribution in [0, 0.1) is 0 Å². The first kappa shape index (κ1) is 10.7. The Morgan fingerprint density at radius 1 is 1.44 bits per heavy atom. The van der Waals surface area contributed by atoms with Crippen molar-refractivity contribution in [2.75, 3.05) is 0 Å². The Kier molecular flexibility index (Phi) is 2.92. The summed E-state index contributed by atoms with van der Waals surface area (Å²) in [5.41, 5.74) is 7.76. The number of carbonyl (C=O) groups is 1. The largest absolute Gasteiger partial charge is 0.481 e. The van der Waals surface area contributed by atoms with E-state index in [0.717, 1.165) is 16.6 Å². The summed E-state index contributed by atoms with van der Waals surface area (Å²) >= 11 is 0. The van der Waals surface area contributed by atoms with Crippen molar-refractivity contribution in [2.45, 2.75) is 18.9 Å². The first-order valence-corrected chi connectivity index (χ1v) is 5.19. The van der Waals surface area contributed by atoms with Gasteiger partial charge in [-0.05, 0) is 17.5 Å². The Hall–Kier alpha value is -1.81. The molecule has 0 aliphatic rings. The zero-order valence-electron chi connectivity index (χ0n) is 8.81. The highest BCUT2D eigenvalue weighted by Crippen LogP contribution is 2.15. The van der Waals surface area contributed by atoms with Gasteiger partial charge in [-0.25, -0.2) is 0 Å². The third-order valence-corrected chi connectivity index (χ3v) is 2.50. The highest BCUT2D eigenvalue weighted by Gasteiger charge is 2.10. The molecule has 0 spiro atoms. The maximum atomic E-state index is 10.5. The van der Waals surface area contributed by atoms with Crippen LogP contribution in [-0.4, -0.2) is 22.1 Å². The Labute approximate surface area is 93.1 Å². The Bertz CT molecular complexity index is 471. The van der Waals surface area contributed by atoms with Crippen molar-refractivity contribution in [1.82, 2.24) is 4.98 Å². The predicted molar refractivity (Wildman–Crippen MR) is 62.2 cm³/mol. The molecule has 16 heavy (non-hydrogen) atoms.